The van der Waals surface area contributed by atoms with Crippen molar-refractivity contribution >= 4 is 27.4 Å². The second-order valence-electron chi connectivity index (χ2n) is 12.7. The first-order chi connectivity index (χ1) is 21.7. The van der Waals surface area contributed by atoms with E-state index in [4.69, 9.17) is 0 Å². The van der Waals surface area contributed by atoms with E-state index in [1.54, 1.807) is 6.92 Å². The van der Waals surface area contributed by atoms with Gasteiger partial charge in [0.15, 0.2) is 9.84 Å². The van der Waals surface area contributed by atoms with E-state index in [9.17, 15) is 53.8 Å². The maximum atomic E-state index is 15.2. The summed E-state index contributed by atoms with van der Waals surface area (Å²) < 4.78 is 139. The van der Waals surface area contributed by atoms with Crippen molar-refractivity contribution in [2.45, 2.75) is 79.7 Å². The molecule has 47 heavy (non-hydrogen) atoms. The lowest BCUT2D eigenvalue weighted by atomic mass is 9.70. The molecule has 0 spiro atoms. The fourth-order valence-electron chi connectivity index (χ4n) is 7.47. The number of likely N-dealkylation sites (tertiary alicyclic amines) is 1. The Morgan fingerprint density at radius 1 is 0.936 bits per heavy atom. The largest absolute Gasteiger partial charge is 0.481 e. The maximum absolute atomic E-state index is 15.2. The van der Waals surface area contributed by atoms with E-state index in [0.29, 0.717) is 6.07 Å². The standard InChI is InChI=1S/C31H32F8N2O5S/c1-3-40-17-24-28(47(45,46)21-7-5-20(32)6-8-21,14-15-41(24)26(44)27(2)12-10-18(11-13-27)25(42)43)22-9-4-19(16-23(22)40)29(33,30(34,35)36)31(37,38)39/h4-9,16,18,24H,3,10-15,17H2,1-2H3,(H,42,43)/t18-,24?,27-,28?. The molecule has 1 saturated carbocycles. The Labute approximate surface area is 265 Å². The Morgan fingerprint density at radius 3 is 2.02 bits per heavy atom. The Kier molecular flexibility index (Phi) is 8.41. The lowest BCUT2D eigenvalue weighted by molar-refractivity contribution is -0.348. The highest BCUT2D eigenvalue weighted by atomic mass is 32.2. The van der Waals surface area contributed by atoms with Gasteiger partial charge in [-0.05, 0) is 74.9 Å². The summed E-state index contributed by atoms with van der Waals surface area (Å²) in [6, 6.07) is 3.91. The van der Waals surface area contributed by atoms with Gasteiger partial charge >= 0.3 is 24.0 Å². The van der Waals surface area contributed by atoms with Gasteiger partial charge in [0.1, 0.15) is 10.6 Å². The van der Waals surface area contributed by atoms with Crippen molar-refractivity contribution in [1.82, 2.24) is 4.90 Å². The quantitative estimate of drug-likeness (QED) is 0.274. The van der Waals surface area contributed by atoms with Crippen molar-refractivity contribution < 1.29 is 58.2 Å². The molecule has 258 valence electrons. The number of likely N-dealkylation sites (N-methyl/N-ethyl adjacent to an activating group) is 1. The van der Waals surface area contributed by atoms with Crippen LogP contribution in [-0.2, 0) is 29.8 Å². The van der Waals surface area contributed by atoms with Crippen LogP contribution in [-0.4, -0.2) is 68.3 Å². The molecule has 1 N–H and O–H groups in total. The number of hydrogen-bond acceptors (Lipinski definition) is 5. The summed E-state index contributed by atoms with van der Waals surface area (Å²) >= 11 is 0. The molecule has 16 heteroatoms. The van der Waals surface area contributed by atoms with Crippen LogP contribution in [0.3, 0.4) is 0 Å². The molecule has 2 fully saturated rings. The summed E-state index contributed by atoms with van der Waals surface area (Å²) in [6.45, 7) is 2.60. The van der Waals surface area contributed by atoms with Crippen LogP contribution in [0, 0.1) is 17.2 Å². The molecule has 5 rings (SSSR count). The van der Waals surface area contributed by atoms with E-state index in [2.05, 4.69) is 0 Å². The van der Waals surface area contributed by atoms with E-state index in [1.807, 2.05) is 0 Å². The predicted molar refractivity (Wildman–Crippen MR) is 152 cm³/mol. The van der Waals surface area contributed by atoms with Crippen molar-refractivity contribution in [1.29, 1.82) is 0 Å². The number of carbonyl (C=O) groups is 2. The highest BCUT2D eigenvalue weighted by Gasteiger charge is 2.74. The monoisotopic (exact) mass is 696 g/mol. The van der Waals surface area contributed by atoms with Crippen LogP contribution < -0.4 is 4.90 Å². The molecule has 1 amide bonds. The lowest BCUT2D eigenvalue weighted by Gasteiger charge is -2.49. The third-order valence-electron chi connectivity index (χ3n) is 10.2. The summed E-state index contributed by atoms with van der Waals surface area (Å²) in [7, 11) is -4.67. The molecule has 3 aliphatic rings. The predicted octanol–water partition coefficient (Wildman–Crippen LogP) is 6.51. The smallest absolute Gasteiger partial charge is 0.435 e. The van der Waals surface area contributed by atoms with Crippen LogP contribution >= 0.6 is 0 Å². The van der Waals surface area contributed by atoms with Gasteiger partial charge in [0.05, 0.1) is 16.9 Å². The molecule has 1 aliphatic carbocycles. The van der Waals surface area contributed by atoms with Crippen LogP contribution in [0.5, 0.6) is 0 Å². The number of carboxylic acid groups (broad SMARTS) is 1. The molecule has 0 radical (unpaired) electrons. The highest BCUT2D eigenvalue weighted by molar-refractivity contribution is 7.92. The number of amides is 1. The van der Waals surface area contributed by atoms with Gasteiger partial charge in [-0.3, -0.25) is 9.59 Å². The van der Waals surface area contributed by atoms with Gasteiger partial charge in [0.25, 0.3) is 0 Å². The minimum atomic E-state index is -6.41. The third kappa shape index (κ3) is 5.16. The SMILES string of the molecule is CCN1CC2N(C(=O)[C@]3(C)CC[C@@H](C(=O)O)CC3)CCC2(S(=O)(=O)c2ccc(F)cc2)c2ccc(C(F)(C(F)(F)F)C(F)(F)F)cc21. The number of rotatable bonds is 6. The van der Waals surface area contributed by atoms with E-state index in [1.165, 1.54) is 16.7 Å². The lowest BCUT2D eigenvalue weighted by Crippen LogP contribution is -2.60. The number of halogens is 8. The molecule has 0 aromatic heterocycles. The van der Waals surface area contributed by atoms with Crippen molar-refractivity contribution in [3.05, 3.63) is 59.4 Å². The number of benzene rings is 2. The molecule has 2 aromatic carbocycles. The minimum Gasteiger partial charge on any atom is -0.481 e. The third-order valence-corrected chi connectivity index (χ3v) is 12.8. The summed E-state index contributed by atoms with van der Waals surface area (Å²) in [5, 5.41) is 9.43. The van der Waals surface area contributed by atoms with E-state index < -0.39 is 78.1 Å². The maximum Gasteiger partial charge on any atom is 0.435 e. The number of sulfone groups is 1. The van der Waals surface area contributed by atoms with E-state index >= 15 is 4.39 Å². The van der Waals surface area contributed by atoms with Gasteiger partial charge in [-0.1, -0.05) is 19.1 Å². The zero-order valence-corrected chi connectivity index (χ0v) is 26.1. The van der Waals surface area contributed by atoms with Crippen LogP contribution in [0.2, 0.25) is 0 Å². The average molecular weight is 697 g/mol. The van der Waals surface area contributed by atoms with Crippen molar-refractivity contribution in [3.8, 4) is 0 Å². The number of alkyl halides is 7. The van der Waals surface area contributed by atoms with Crippen molar-refractivity contribution in [2.75, 3.05) is 24.5 Å². The van der Waals surface area contributed by atoms with Crippen molar-refractivity contribution in [2.24, 2.45) is 11.3 Å². The topological polar surface area (TPSA) is 95.0 Å². The van der Waals surface area contributed by atoms with Gasteiger partial charge in [0, 0.05) is 36.3 Å². The molecule has 2 atom stereocenters. The van der Waals surface area contributed by atoms with Gasteiger partial charge in [0.2, 0.25) is 5.91 Å². The number of hydrogen-bond donors (Lipinski definition) is 1. The molecule has 2 heterocycles. The summed E-state index contributed by atoms with van der Waals surface area (Å²) in [5.74, 6) is -2.89. The Morgan fingerprint density at radius 2 is 1.51 bits per heavy atom. The van der Waals surface area contributed by atoms with Gasteiger partial charge in [-0.2, -0.15) is 26.3 Å². The normalized spacial score (nSPS) is 26.9. The fraction of sp³-hybridized carbons (Fsp3) is 0.548. The Balaban J connectivity index is 1.70. The number of anilines is 1. The second-order valence-corrected chi connectivity index (χ2v) is 14.9. The Bertz CT molecular complexity index is 1660. The van der Waals surface area contributed by atoms with Crippen molar-refractivity contribution in [3.63, 3.8) is 0 Å². The van der Waals surface area contributed by atoms with E-state index in [-0.39, 0.29) is 69.1 Å². The molecule has 7 nitrogen and oxygen atoms in total. The molecule has 1 saturated heterocycles. The molecular formula is C31H32F8N2O5S. The first kappa shape index (κ1) is 34.9. The fourth-order valence-corrected chi connectivity index (χ4v) is 9.77. The van der Waals surface area contributed by atoms with Crippen LogP contribution in [0.15, 0.2) is 47.4 Å². The molecule has 2 aromatic rings. The second kappa shape index (κ2) is 11.3. The highest BCUT2D eigenvalue weighted by Crippen LogP contribution is 2.58. The van der Waals surface area contributed by atoms with Gasteiger partial charge in [-0.25, -0.2) is 17.2 Å². The number of carbonyl (C=O) groups excluding carboxylic acids is 1. The van der Waals surface area contributed by atoms with Crippen LogP contribution in [0.1, 0.15) is 57.1 Å². The number of fused-ring (bicyclic) bond motifs is 3. The number of aliphatic carboxylic acids is 1. The Hall–Kier alpha value is -3.43. The van der Waals surface area contributed by atoms with Crippen LogP contribution in [0.4, 0.5) is 40.8 Å². The number of carboxylic acids is 1. The summed E-state index contributed by atoms with van der Waals surface area (Å²) in [6.07, 6.45) is -12.4. The molecule has 2 aliphatic heterocycles. The molecule has 2 unspecified atom stereocenters. The molecule has 0 bridgehead atoms. The zero-order chi connectivity index (χ0) is 35.0. The van der Waals surface area contributed by atoms with E-state index in [0.717, 1.165) is 30.3 Å². The van der Waals surface area contributed by atoms with Gasteiger partial charge < -0.3 is 14.9 Å². The zero-order valence-electron chi connectivity index (χ0n) is 25.3. The number of nitrogens with zero attached hydrogens (tertiary/aromatic N) is 2. The molecular weight excluding hydrogens is 664 g/mol. The first-order valence-corrected chi connectivity index (χ1v) is 16.4. The first-order valence-electron chi connectivity index (χ1n) is 14.9. The van der Waals surface area contributed by atoms with Gasteiger partial charge in [-0.15, -0.1) is 0 Å². The van der Waals surface area contributed by atoms with Crippen LogP contribution in [0.25, 0.3) is 0 Å². The average Bonchev–Trinajstić information content (AvgIpc) is 3.39. The summed E-state index contributed by atoms with van der Waals surface area (Å²) in [5.41, 5.74) is -9.21. The minimum absolute atomic E-state index is 0.0590. The summed E-state index contributed by atoms with van der Waals surface area (Å²) in [4.78, 5) is 28.0.